The Bertz CT molecular complexity index is 1130. The molecule has 3 aromatic rings. The van der Waals surface area contributed by atoms with Crippen LogP contribution in [0.4, 0.5) is 0 Å². The molecule has 0 spiro atoms. The lowest BCUT2D eigenvalue weighted by Crippen LogP contribution is -2.22. The molecule has 1 aliphatic carbocycles. The lowest BCUT2D eigenvalue weighted by atomic mass is 10.3. The zero-order chi connectivity index (χ0) is 20.1. The predicted molar refractivity (Wildman–Crippen MR) is 109 cm³/mol. The second kappa shape index (κ2) is 7.16. The van der Waals surface area contributed by atoms with Crippen LogP contribution in [0, 0.1) is 6.92 Å². The van der Waals surface area contributed by atoms with Gasteiger partial charge in [0.05, 0.1) is 21.7 Å². The predicted octanol–water partition coefficient (Wildman–Crippen LogP) is 2.83. The number of aromatic nitrogens is 5. The van der Waals surface area contributed by atoms with Crippen molar-refractivity contribution in [3.05, 3.63) is 29.8 Å². The van der Waals surface area contributed by atoms with Crippen LogP contribution in [-0.2, 0) is 22.3 Å². The number of hydrogen-bond donors (Lipinski definition) is 0. The van der Waals surface area contributed by atoms with Crippen molar-refractivity contribution < 1.29 is 8.42 Å². The highest BCUT2D eigenvalue weighted by atomic mass is 32.2. The zero-order valence-electron chi connectivity index (χ0n) is 16.5. The monoisotopic (exact) mass is 420 g/mol. The Kier molecular flexibility index (Phi) is 4.96. The van der Waals surface area contributed by atoms with E-state index < -0.39 is 10.0 Å². The molecule has 8 nitrogen and oxygen atoms in total. The quantitative estimate of drug-likeness (QED) is 0.546. The minimum Gasteiger partial charge on any atom is -0.328 e. The van der Waals surface area contributed by atoms with Crippen LogP contribution in [0.5, 0.6) is 0 Å². The van der Waals surface area contributed by atoms with Gasteiger partial charge in [-0.15, -0.1) is 10.2 Å². The molecule has 0 unspecified atom stereocenters. The fourth-order valence-corrected chi connectivity index (χ4v) is 5.24. The molecule has 2 heterocycles. The maximum absolute atomic E-state index is 12.4. The first-order chi connectivity index (χ1) is 13.3. The van der Waals surface area contributed by atoms with Gasteiger partial charge in [-0.25, -0.2) is 17.7 Å². The number of nitrogens with zero attached hydrogens (tertiary/aromatic N) is 6. The highest BCUT2D eigenvalue weighted by molar-refractivity contribution is 7.98. The summed E-state index contributed by atoms with van der Waals surface area (Å²) in [7, 11) is -0.418. The van der Waals surface area contributed by atoms with Gasteiger partial charge in [0.15, 0.2) is 5.16 Å². The third-order valence-electron chi connectivity index (χ3n) is 4.97. The summed E-state index contributed by atoms with van der Waals surface area (Å²) in [6, 6.07) is 5.67. The van der Waals surface area contributed by atoms with Crippen molar-refractivity contribution in [1.29, 1.82) is 0 Å². The third-order valence-corrected chi connectivity index (χ3v) is 7.72. The van der Waals surface area contributed by atoms with Gasteiger partial charge in [-0.05, 0) is 44.9 Å². The molecular weight excluding hydrogens is 396 g/mol. The minimum atomic E-state index is -3.48. The smallest absolute Gasteiger partial charge is 0.242 e. The summed E-state index contributed by atoms with van der Waals surface area (Å²) < 4.78 is 30.4. The van der Waals surface area contributed by atoms with Crippen molar-refractivity contribution in [2.24, 2.45) is 0 Å². The van der Waals surface area contributed by atoms with E-state index in [-0.39, 0.29) is 4.90 Å². The van der Waals surface area contributed by atoms with E-state index in [4.69, 9.17) is 4.98 Å². The number of thioether (sulfide) groups is 1. The molecule has 0 saturated heterocycles. The number of rotatable bonds is 7. The molecule has 0 N–H and O–H groups in total. The summed E-state index contributed by atoms with van der Waals surface area (Å²) >= 11 is 1.63. The average molecular weight is 421 g/mol. The lowest BCUT2D eigenvalue weighted by molar-refractivity contribution is 0.521. The molecule has 1 fully saturated rings. The van der Waals surface area contributed by atoms with Gasteiger partial charge < -0.3 is 9.13 Å². The van der Waals surface area contributed by atoms with E-state index in [1.807, 2.05) is 13.0 Å². The molecule has 0 amide bonds. The fourth-order valence-electron chi connectivity index (χ4n) is 3.32. The Balaban J connectivity index is 1.66. The first-order valence-electron chi connectivity index (χ1n) is 9.29. The molecule has 1 aromatic carbocycles. The highest BCUT2D eigenvalue weighted by Crippen LogP contribution is 2.39. The molecule has 0 atom stereocenters. The lowest BCUT2D eigenvalue weighted by Gasteiger charge is -2.11. The van der Waals surface area contributed by atoms with Gasteiger partial charge in [-0.3, -0.25) is 0 Å². The fraction of sp³-hybridized carbons (Fsp3) is 0.500. The first-order valence-corrected chi connectivity index (χ1v) is 11.7. The third kappa shape index (κ3) is 3.33. The summed E-state index contributed by atoms with van der Waals surface area (Å²) in [5.41, 5.74) is 1.64. The average Bonchev–Trinajstić information content (AvgIpc) is 3.33. The summed E-state index contributed by atoms with van der Waals surface area (Å²) in [6.07, 6.45) is 2.37. The largest absolute Gasteiger partial charge is 0.328 e. The molecule has 28 heavy (non-hydrogen) atoms. The summed E-state index contributed by atoms with van der Waals surface area (Å²) in [4.78, 5) is 4.99. The van der Waals surface area contributed by atoms with Crippen molar-refractivity contribution >= 4 is 32.8 Å². The molecule has 1 aliphatic rings. The molecule has 150 valence electrons. The van der Waals surface area contributed by atoms with Gasteiger partial charge in [-0.2, -0.15) is 0 Å². The van der Waals surface area contributed by atoms with Crippen LogP contribution in [0.2, 0.25) is 0 Å². The minimum absolute atomic E-state index is 0.258. The molecule has 2 aromatic heterocycles. The Morgan fingerprint density at radius 2 is 2.00 bits per heavy atom. The summed E-state index contributed by atoms with van der Waals surface area (Å²) in [5, 5.41) is 9.47. The van der Waals surface area contributed by atoms with Gasteiger partial charge in [0, 0.05) is 26.7 Å². The van der Waals surface area contributed by atoms with Crippen molar-refractivity contribution in [3.63, 3.8) is 0 Å². The summed E-state index contributed by atoms with van der Waals surface area (Å²) in [6.45, 7) is 4.82. The molecule has 0 aliphatic heterocycles. The van der Waals surface area contributed by atoms with Crippen LogP contribution >= 0.6 is 11.8 Å². The normalized spacial score (nSPS) is 15.0. The highest BCUT2D eigenvalue weighted by Gasteiger charge is 2.28. The second-order valence-corrected chi connectivity index (χ2v) is 10.2. The molecule has 10 heteroatoms. The van der Waals surface area contributed by atoms with Crippen LogP contribution < -0.4 is 0 Å². The van der Waals surface area contributed by atoms with Crippen LogP contribution in [-0.4, -0.2) is 51.1 Å². The number of hydrogen-bond acceptors (Lipinski definition) is 6. The first kappa shape index (κ1) is 19.4. The van der Waals surface area contributed by atoms with Gasteiger partial charge in [0.1, 0.15) is 11.6 Å². The van der Waals surface area contributed by atoms with E-state index in [0.717, 1.165) is 28.9 Å². The molecule has 4 rings (SSSR count). The van der Waals surface area contributed by atoms with Crippen LogP contribution in [0.1, 0.15) is 37.5 Å². The van der Waals surface area contributed by atoms with Crippen molar-refractivity contribution in [2.75, 3.05) is 14.1 Å². The van der Waals surface area contributed by atoms with Gasteiger partial charge in [-0.1, -0.05) is 11.8 Å². The summed E-state index contributed by atoms with van der Waals surface area (Å²) in [5.74, 6) is 2.51. The van der Waals surface area contributed by atoms with E-state index in [0.29, 0.717) is 17.3 Å². The topological polar surface area (TPSA) is 85.9 Å². The molecular formula is C18H24N6O2S2. The number of imidazole rings is 1. The Morgan fingerprint density at radius 3 is 2.64 bits per heavy atom. The van der Waals surface area contributed by atoms with Gasteiger partial charge >= 0.3 is 0 Å². The Hall–Kier alpha value is -1.91. The molecule has 0 radical (unpaired) electrons. The zero-order valence-corrected chi connectivity index (χ0v) is 18.1. The van der Waals surface area contributed by atoms with Crippen molar-refractivity contribution in [2.45, 2.75) is 55.1 Å². The SMILES string of the molecule is CCn1c(CSc2nnc(C)n2C2CC2)nc2cc(S(=O)(=O)N(C)C)ccc21. The van der Waals surface area contributed by atoms with Gasteiger partial charge in [0.2, 0.25) is 10.0 Å². The number of fused-ring (bicyclic) bond motifs is 1. The van der Waals surface area contributed by atoms with E-state index >= 15 is 0 Å². The second-order valence-electron chi connectivity index (χ2n) is 7.13. The Labute approximate surface area is 169 Å². The van der Waals surface area contributed by atoms with E-state index in [2.05, 4.69) is 26.3 Å². The van der Waals surface area contributed by atoms with E-state index in [1.165, 1.54) is 31.2 Å². The maximum atomic E-state index is 12.4. The van der Waals surface area contributed by atoms with Crippen molar-refractivity contribution in [3.8, 4) is 0 Å². The van der Waals surface area contributed by atoms with Crippen molar-refractivity contribution in [1.82, 2.24) is 28.6 Å². The van der Waals surface area contributed by atoms with Gasteiger partial charge in [0.25, 0.3) is 0 Å². The number of aryl methyl sites for hydroxylation is 2. The van der Waals surface area contributed by atoms with Crippen LogP contribution in [0.3, 0.4) is 0 Å². The van der Waals surface area contributed by atoms with E-state index in [9.17, 15) is 8.42 Å². The number of benzene rings is 1. The van der Waals surface area contributed by atoms with E-state index in [1.54, 1.807) is 23.9 Å². The molecule has 0 bridgehead atoms. The Morgan fingerprint density at radius 1 is 1.25 bits per heavy atom. The standard InChI is InChI=1S/C18H24N6O2S2/c1-5-23-16-9-8-14(28(25,26)22(3)4)10-15(16)19-17(23)11-27-18-21-20-12(2)24(18)13-6-7-13/h8-10,13H,5-7,11H2,1-4H3. The van der Waals surface area contributed by atoms with Crippen LogP contribution in [0.15, 0.2) is 28.3 Å². The molecule has 1 saturated carbocycles. The van der Waals surface area contributed by atoms with Crippen LogP contribution in [0.25, 0.3) is 11.0 Å². The maximum Gasteiger partial charge on any atom is 0.242 e. The number of sulfonamides is 1.